The third kappa shape index (κ3) is 884. The maximum atomic E-state index is 0. The number of hydrogen-bond donors (Lipinski definition) is 0. The SMILES string of the molecule is C.C.C.C.C.C.C.C.C.C.C.C.C.C.C.C.C.C.C.C.C.C.C.C.C.C.C.C.[Ag].[AlH3].[Au].[Ba+2].[BiH3].[Ca+2].[Cd].[Co].[Cr].[Cu].[Fe].[H-].[H-].[H-].[H-].[H-].[H-].[H-].[H-].[H-].[HH].[Hg].[K+].[Li+].[Mg+2].[Mn].[Na+].[Ni].[PbH2].[Pt].[SbH3].[SnH2].[Zn]. The van der Waals surface area contributed by atoms with Crippen LogP contribution in [-0.2, 0) is 242 Å². The standard InChI is InChI=1S/28CH4.Ag.Al.Au.Ba.Bi.Ca.Cd.Co.Cr.Cu.Fe.Hg.K.Li.Mg.Mn.Na.Ni.Pb.Pt.Sb.Sn.Zn.H2.22H/h28*1H4;;;;;;;;;;;;;;;;;;;;;;;;1H;;;;;;;;;;;;;;;;;;;;;;/q;;;;;;;;;;;;;;;;;;;;;;;;;;;;;;;+2;;+2;;;;;;;2*+1;+2;;+1;;;;;;;;;;;;;;;;;;;;;9*-1. The van der Waals surface area contributed by atoms with E-state index in [1.807, 2.05) is 0 Å². The Kier molecular flexibility index (Phi) is 17000. The van der Waals surface area contributed by atoms with Crippen LogP contribution >= 0.6 is 0 Å². The normalized spacial score (nSPS) is 0. The quantitative estimate of drug-likeness (QED) is 0.327. The molecule has 0 aliphatic rings. The van der Waals surface area contributed by atoms with E-state index in [1.54, 1.807) is 0 Å². The van der Waals surface area contributed by atoms with Crippen molar-refractivity contribution in [2.75, 3.05) is 0 Å². The van der Waals surface area contributed by atoms with Gasteiger partial charge in [-0.25, -0.2) is 0 Å². The summed E-state index contributed by atoms with van der Waals surface area (Å²) in [6.07, 6.45) is 0. The van der Waals surface area contributed by atoms with Gasteiger partial charge < -0.3 is 12.8 Å². The van der Waals surface area contributed by atoms with Gasteiger partial charge in [-0.3, -0.25) is 0 Å². The van der Waals surface area contributed by atoms with Gasteiger partial charge in [-0.2, -0.15) is 0 Å². The first-order valence-corrected chi connectivity index (χ1v) is 0. The fraction of sp³-hybridized carbons (Fsp3) is 1.00. The van der Waals surface area contributed by atoms with E-state index in [1.165, 1.54) is 0 Å². The van der Waals surface area contributed by atoms with E-state index in [2.05, 4.69) is 0 Å². The van der Waals surface area contributed by atoms with Crippen molar-refractivity contribution in [3.05, 3.63) is 0 Å². The third-order valence-corrected chi connectivity index (χ3v) is 0. The van der Waals surface area contributed by atoms with Gasteiger partial charge in [0.25, 0.3) is 0 Å². The molecule has 0 heterocycles. The molecule has 0 bridgehead atoms. The maximum Gasteiger partial charge on any atom is 0 e. The smallest absolute Gasteiger partial charge is 0 e. The van der Waals surface area contributed by atoms with Crippen LogP contribution in [0.5, 0.6) is 0 Å². The average Bonchev–Trinajstić information content (AvgIpc) is 0. The van der Waals surface area contributed by atoms with Gasteiger partial charge in [0, 0.05) is 244 Å². The van der Waals surface area contributed by atoms with Crippen molar-refractivity contribution in [1.29, 1.82) is 0 Å². The van der Waals surface area contributed by atoms with Crippen LogP contribution < -0.4 is 99.8 Å². The van der Waals surface area contributed by atoms with E-state index in [4.69, 9.17) is 0 Å². The Morgan fingerprint density at radius 1 is 0.510 bits per heavy atom. The van der Waals surface area contributed by atoms with Gasteiger partial charge >= 0.3 is 311 Å². The first kappa shape index (κ1) is 951. The fourth-order valence-corrected chi connectivity index (χ4v) is 0. The zero-order chi connectivity index (χ0) is 0. The molecular formula is C28H136AgAlAuBaBiCaCdCoCrCuFeHgKLiMgMnNaNiPbPtSbSnZn. The largest absolute Gasteiger partial charge is 0 e. The van der Waals surface area contributed by atoms with Gasteiger partial charge in [-0.05, 0) is 0 Å². The molecule has 23 heteroatoms. The second-order valence-corrected chi connectivity index (χ2v) is 0. The second kappa shape index (κ2) is 910. The van der Waals surface area contributed by atoms with E-state index in [-0.39, 0.29) is 793 Å². The molecule has 0 nitrogen and oxygen atoms in total. The third-order valence-electron chi connectivity index (χ3n) is 0. The molecule has 0 aromatic rings. The molecule has 0 rings (SSSR count). The monoisotopic (exact) mass is 2650 g/mol. The molecule has 0 amide bonds. The predicted octanol–water partition coefficient (Wildman–Crippen LogP) is 3.52. The summed E-state index contributed by atoms with van der Waals surface area (Å²) in [5, 5.41) is 0. The minimum atomic E-state index is 0. The molecule has 9 radical (unpaired) electrons. The molecule has 0 fully saturated rings. The molecule has 0 aromatic carbocycles. The van der Waals surface area contributed by atoms with Gasteiger partial charge in [0.15, 0.2) is 17.4 Å². The van der Waals surface area contributed by atoms with E-state index in [9.17, 15) is 0 Å². The van der Waals surface area contributed by atoms with Crippen LogP contribution in [0, 0.1) is 0 Å². The molecule has 0 unspecified atom stereocenters. The van der Waals surface area contributed by atoms with Crippen LogP contribution in [0.2, 0.25) is 0 Å². The van der Waals surface area contributed by atoms with Crippen molar-refractivity contribution in [2.24, 2.45) is 0 Å². The van der Waals surface area contributed by atoms with Crippen molar-refractivity contribution in [1.82, 2.24) is 0 Å². The van der Waals surface area contributed by atoms with Crippen LogP contribution in [-0.4, -0.2) is 229 Å². The first-order chi connectivity index (χ1) is 0. The Hall–Kier alpha value is 18.5. The predicted molar refractivity (Wildman–Crippen MR) is 265 cm³/mol. The summed E-state index contributed by atoms with van der Waals surface area (Å²) in [4.78, 5) is 0. The van der Waals surface area contributed by atoms with E-state index in [0.29, 0.717) is 0 Å². The summed E-state index contributed by atoms with van der Waals surface area (Å²) in [6, 6.07) is 0. The Morgan fingerprint density at radius 3 is 0.510 bits per heavy atom. The van der Waals surface area contributed by atoms with Crippen molar-refractivity contribution >= 4 is 229 Å². The number of hydrogen-bond acceptors (Lipinski definition) is 0. The summed E-state index contributed by atoms with van der Waals surface area (Å²) in [7, 11) is 0. The van der Waals surface area contributed by atoms with E-state index < -0.39 is 0 Å². The summed E-state index contributed by atoms with van der Waals surface area (Å²) in [5.74, 6) is 0. The summed E-state index contributed by atoms with van der Waals surface area (Å²) in [5.41, 5.74) is 0. The Bertz CT molecular complexity index is 194. The number of rotatable bonds is 0. The maximum absolute atomic E-state index is 0. The van der Waals surface area contributed by atoms with Crippen LogP contribution in [0.15, 0.2) is 0 Å². The molecule has 0 aliphatic carbocycles. The van der Waals surface area contributed by atoms with Crippen LogP contribution in [0.4, 0.5) is 0 Å². The Labute approximate surface area is 773 Å². The molecule has 0 saturated heterocycles. The van der Waals surface area contributed by atoms with Gasteiger partial charge in [-0.1, -0.05) is 208 Å². The van der Waals surface area contributed by atoms with Crippen molar-refractivity contribution in [3.8, 4) is 0 Å². The topological polar surface area (TPSA) is 0 Å². The molecule has 0 saturated carbocycles. The van der Waals surface area contributed by atoms with Gasteiger partial charge in [-0.15, -0.1) is 0 Å². The van der Waals surface area contributed by atoms with Gasteiger partial charge in [0.05, 0.1) is 0 Å². The van der Waals surface area contributed by atoms with Crippen molar-refractivity contribution < 1.29 is 356 Å². The summed E-state index contributed by atoms with van der Waals surface area (Å²) < 4.78 is 0. The zero-order valence-electron chi connectivity index (χ0n) is 22.1. The van der Waals surface area contributed by atoms with Crippen molar-refractivity contribution in [3.63, 3.8) is 0 Å². The molecule has 51 heavy (non-hydrogen) atoms. The molecule has 0 N–H and O–H groups in total. The summed E-state index contributed by atoms with van der Waals surface area (Å²) in [6.45, 7) is 0. The Balaban J connectivity index is 0. The van der Waals surface area contributed by atoms with Crippen LogP contribution in [0.1, 0.15) is 222 Å². The minimum absolute atomic E-state index is 0. The van der Waals surface area contributed by atoms with Gasteiger partial charge in [0.2, 0.25) is 0 Å². The fourth-order valence-electron chi connectivity index (χ4n) is 0. The van der Waals surface area contributed by atoms with Crippen LogP contribution in [0.3, 0.4) is 0 Å². The van der Waals surface area contributed by atoms with Gasteiger partial charge in [0.1, 0.15) is 0 Å². The second-order valence-electron chi connectivity index (χ2n) is 0. The molecule has 367 valence electrons. The van der Waals surface area contributed by atoms with Crippen molar-refractivity contribution in [2.45, 2.75) is 208 Å². The molecule has 0 aliphatic heterocycles. The minimum Gasteiger partial charge on any atom is 0 e. The average molecular weight is 2650 g/mol. The van der Waals surface area contributed by atoms with Crippen LogP contribution in [0.25, 0.3) is 0 Å². The summed E-state index contributed by atoms with van der Waals surface area (Å²) >= 11 is 0. The molecule has 0 aromatic heterocycles. The Morgan fingerprint density at radius 2 is 0.510 bits per heavy atom. The zero-order valence-corrected chi connectivity index (χ0v) is 70.3. The molecular weight excluding hydrogens is 2510 g/mol. The van der Waals surface area contributed by atoms with E-state index >= 15 is 0 Å². The first-order valence-electron chi connectivity index (χ1n) is 0. The molecule has 0 spiro atoms. The van der Waals surface area contributed by atoms with E-state index in [0.717, 1.165) is 0 Å². The molecule has 0 atom stereocenters.